The quantitative estimate of drug-likeness (QED) is 0.426. The molecule has 2 aromatic carbocycles. The van der Waals surface area contributed by atoms with E-state index in [0.29, 0.717) is 50.2 Å². The number of benzene rings is 2. The summed E-state index contributed by atoms with van der Waals surface area (Å²) in [6.07, 6.45) is 3.13. The molecule has 2 aromatic rings. The van der Waals surface area contributed by atoms with E-state index >= 15 is 0 Å². The van der Waals surface area contributed by atoms with Gasteiger partial charge in [0.15, 0.2) is 0 Å². The van der Waals surface area contributed by atoms with Crippen LogP contribution in [0.15, 0.2) is 47.4 Å². The Morgan fingerprint density at radius 1 is 1.03 bits per heavy atom. The summed E-state index contributed by atoms with van der Waals surface area (Å²) in [5.74, 6) is -1.54. The Morgan fingerprint density at radius 3 is 2.26 bits per heavy atom. The lowest BCUT2D eigenvalue weighted by atomic mass is 9.90. The molecule has 0 radical (unpaired) electrons. The van der Waals surface area contributed by atoms with Crippen LogP contribution >= 0.6 is 11.6 Å². The molecule has 2 saturated heterocycles. The van der Waals surface area contributed by atoms with Gasteiger partial charge < -0.3 is 9.64 Å². The van der Waals surface area contributed by atoms with Crippen LogP contribution in [0.3, 0.4) is 0 Å². The summed E-state index contributed by atoms with van der Waals surface area (Å²) in [5, 5.41) is 0.388. The van der Waals surface area contributed by atoms with Gasteiger partial charge in [-0.2, -0.15) is 4.31 Å². The zero-order valence-electron chi connectivity index (χ0n) is 22.0. The number of hydrogen-bond acceptors (Lipinski definition) is 5. The molecule has 212 valence electrons. The van der Waals surface area contributed by atoms with Gasteiger partial charge in [-0.15, -0.1) is 0 Å². The van der Waals surface area contributed by atoms with Gasteiger partial charge in [0.25, 0.3) is 0 Å². The monoisotopic (exact) mass is 581 g/mol. The average Bonchev–Trinajstić information content (AvgIpc) is 3.69. The third-order valence-electron chi connectivity index (χ3n) is 8.04. The Labute approximate surface area is 233 Å². The largest absolute Gasteiger partial charge is 0.441 e. The highest BCUT2D eigenvalue weighted by Crippen LogP contribution is 2.52. The molecule has 11 heteroatoms. The molecule has 39 heavy (non-hydrogen) atoms. The first-order valence-corrected chi connectivity index (χ1v) is 15.4. The molecule has 0 N–H and O–H groups in total. The number of hydrogen-bond donors (Lipinski definition) is 0. The highest BCUT2D eigenvalue weighted by molar-refractivity contribution is 7.89. The Hall–Kier alpha value is -2.27. The maximum absolute atomic E-state index is 14.3. The van der Waals surface area contributed by atoms with Gasteiger partial charge in [0.2, 0.25) is 10.0 Å². The molecular weight excluding hydrogens is 548 g/mol. The molecular formula is C28H34ClF2N3O4S. The van der Waals surface area contributed by atoms with Gasteiger partial charge in [-0.25, -0.2) is 22.0 Å². The van der Waals surface area contributed by atoms with Gasteiger partial charge in [0.1, 0.15) is 17.2 Å². The van der Waals surface area contributed by atoms with E-state index in [9.17, 15) is 22.0 Å². The lowest BCUT2D eigenvalue weighted by Crippen LogP contribution is -2.55. The van der Waals surface area contributed by atoms with Crippen LogP contribution in [0.4, 0.5) is 13.6 Å². The fraction of sp³-hybridized carbons (Fsp3) is 0.536. The second-order valence-electron chi connectivity index (χ2n) is 10.7. The van der Waals surface area contributed by atoms with E-state index in [1.807, 2.05) is 0 Å². The van der Waals surface area contributed by atoms with Crippen LogP contribution in [0, 0.1) is 11.6 Å². The molecule has 2 heterocycles. The second-order valence-corrected chi connectivity index (χ2v) is 13.0. The molecule has 5 rings (SSSR count). The van der Waals surface area contributed by atoms with Crippen LogP contribution in [0.1, 0.15) is 57.1 Å². The van der Waals surface area contributed by atoms with Gasteiger partial charge in [-0.1, -0.05) is 18.5 Å². The number of amides is 1. The van der Waals surface area contributed by atoms with Crippen molar-refractivity contribution in [3.05, 3.63) is 64.7 Å². The molecule has 7 nitrogen and oxygen atoms in total. The van der Waals surface area contributed by atoms with Gasteiger partial charge in [0.05, 0.1) is 17.0 Å². The van der Waals surface area contributed by atoms with Crippen molar-refractivity contribution in [2.45, 2.75) is 68.0 Å². The molecule has 3 fully saturated rings. The number of piperazine rings is 1. The number of halogens is 3. The summed E-state index contributed by atoms with van der Waals surface area (Å²) in [4.78, 5) is 17.3. The number of ether oxygens (including phenoxy) is 1. The normalized spacial score (nSPS) is 23.9. The fourth-order valence-electron chi connectivity index (χ4n) is 5.95. The van der Waals surface area contributed by atoms with Crippen LogP contribution in [0.5, 0.6) is 0 Å². The topological polar surface area (TPSA) is 70.2 Å². The molecule has 0 aromatic heterocycles. The third-order valence-corrected chi connectivity index (χ3v) is 10.2. The first-order valence-electron chi connectivity index (χ1n) is 13.6. The van der Waals surface area contributed by atoms with E-state index in [0.717, 1.165) is 32.1 Å². The molecule has 2 unspecified atom stereocenters. The van der Waals surface area contributed by atoms with Crippen molar-refractivity contribution in [3.8, 4) is 0 Å². The van der Waals surface area contributed by atoms with Gasteiger partial charge in [0, 0.05) is 37.3 Å². The van der Waals surface area contributed by atoms with Gasteiger partial charge in [-0.3, -0.25) is 4.90 Å². The number of rotatable bonds is 7. The van der Waals surface area contributed by atoms with Crippen molar-refractivity contribution in [1.29, 1.82) is 0 Å². The fourth-order valence-corrected chi connectivity index (χ4v) is 7.99. The van der Waals surface area contributed by atoms with Crippen LogP contribution < -0.4 is 0 Å². The summed E-state index contributed by atoms with van der Waals surface area (Å²) in [6, 6.07) is 7.49. The van der Waals surface area contributed by atoms with Crippen LogP contribution in [-0.4, -0.2) is 73.0 Å². The number of nitrogens with zero attached hydrogens (tertiary/aromatic N) is 3. The van der Waals surface area contributed by atoms with Gasteiger partial charge >= 0.3 is 6.09 Å². The van der Waals surface area contributed by atoms with Crippen molar-refractivity contribution < 1.29 is 26.7 Å². The summed E-state index contributed by atoms with van der Waals surface area (Å²) >= 11 is 6.02. The van der Waals surface area contributed by atoms with Crippen LogP contribution in [0.2, 0.25) is 5.02 Å². The third kappa shape index (κ3) is 5.94. The number of piperidine rings is 1. The minimum absolute atomic E-state index is 0.0230. The highest BCUT2D eigenvalue weighted by Gasteiger charge is 2.60. The number of sulfonamides is 1. The van der Waals surface area contributed by atoms with E-state index in [2.05, 4.69) is 11.8 Å². The van der Waals surface area contributed by atoms with Crippen molar-refractivity contribution in [2.24, 2.45) is 0 Å². The molecule has 2 aliphatic heterocycles. The lowest BCUT2D eigenvalue weighted by Gasteiger charge is -2.45. The highest BCUT2D eigenvalue weighted by atomic mass is 35.5. The van der Waals surface area contributed by atoms with Crippen molar-refractivity contribution in [1.82, 2.24) is 14.1 Å². The molecule has 2 atom stereocenters. The molecule has 1 aliphatic carbocycles. The molecule has 1 saturated carbocycles. The second kappa shape index (κ2) is 11.3. The van der Waals surface area contributed by atoms with Crippen LogP contribution in [-0.2, 0) is 14.8 Å². The smallest absolute Gasteiger partial charge is 0.410 e. The summed E-state index contributed by atoms with van der Waals surface area (Å²) in [5.41, 5.74) is -0.745. The first-order chi connectivity index (χ1) is 18.6. The average molecular weight is 582 g/mol. The van der Waals surface area contributed by atoms with Crippen molar-refractivity contribution in [3.63, 3.8) is 0 Å². The van der Waals surface area contributed by atoms with Crippen molar-refractivity contribution in [2.75, 3.05) is 32.7 Å². The summed E-state index contributed by atoms with van der Waals surface area (Å²) in [6.45, 7) is 5.74. The Kier molecular flexibility index (Phi) is 8.20. The number of carbonyl (C=O) groups excluding carboxylic acids is 1. The molecule has 0 spiro atoms. The van der Waals surface area contributed by atoms with Crippen LogP contribution in [0.25, 0.3) is 0 Å². The van der Waals surface area contributed by atoms with E-state index in [4.69, 9.17) is 16.3 Å². The maximum atomic E-state index is 14.3. The SMILES string of the molecule is CCCN1CCN(C(=O)OC2(C3CCCC(c4cc(F)cc(F)c4)N3S(=O)(=O)c3ccc(Cl)cc3)CC2)CC1. The summed E-state index contributed by atoms with van der Waals surface area (Å²) in [7, 11) is -4.15. The standard InChI is InChI=1S/C28H34ClF2N3O4S/c1-2-12-32-13-15-33(16-14-32)27(35)38-28(10-11-28)26-5-3-4-25(20-17-22(30)19-23(31)18-20)34(26)39(36,37)24-8-6-21(29)7-9-24/h6-9,17-19,25-26H,2-5,10-16H2,1H3. The van der Waals surface area contributed by atoms with E-state index in [1.54, 1.807) is 4.90 Å². The summed E-state index contributed by atoms with van der Waals surface area (Å²) < 4.78 is 64.3. The van der Waals surface area contributed by atoms with Crippen molar-refractivity contribution >= 4 is 27.7 Å². The Balaban J connectivity index is 1.46. The first kappa shape index (κ1) is 28.3. The van der Waals surface area contributed by atoms with E-state index in [-0.39, 0.29) is 10.5 Å². The number of carbonyl (C=O) groups is 1. The zero-order chi connectivity index (χ0) is 27.8. The predicted molar refractivity (Wildman–Crippen MR) is 144 cm³/mol. The molecule has 0 bridgehead atoms. The zero-order valence-corrected chi connectivity index (χ0v) is 23.6. The lowest BCUT2D eigenvalue weighted by molar-refractivity contribution is -0.0140. The maximum Gasteiger partial charge on any atom is 0.410 e. The van der Waals surface area contributed by atoms with Gasteiger partial charge in [-0.05, 0) is 87.0 Å². The van der Waals surface area contributed by atoms with E-state index < -0.39 is 45.4 Å². The molecule has 1 amide bonds. The Bertz CT molecular complexity index is 1280. The Morgan fingerprint density at radius 2 is 1.67 bits per heavy atom. The molecule has 3 aliphatic rings. The predicted octanol–water partition coefficient (Wildman–Crippen LogP) is 5.60. The minimum atomic E-state index is -4.15. The minimum Gasteiger partial charge on any atom is -0.441 e. The van der Waals surface area contributed by atoms with E-state index in [1.165, 1.54) is 40.7 Å².